The first-order valence-electron chi connectivity index (χ1n) is 10.2. The highest BCUT2D eigenvalue weighted by atomic mass is 16.7. The zero-order valence-corrected chi connectivity index (χ0v) is 17.9. The minimum absolute atomic E-state index is 0.0426. The predicted molar refractivity (Wildman–Crippen MR) is 118 cm³/mol. The van der Waals surface area contributed by atoms with Crippen molar-refractivity contribution in [3.63, 3.8) is 0 Å². The highest BCUT2D eigenvalue weighted by Gasteiger charge is 2.51. The van der Waals surface area contributed by atoms with Crippen LogP contribution in [0.4, 0.5) is 11.4 Å². The molecule has 0 bridgehead atoms. The molecule has 1 amide bonds. The van der Waals surface area contributed by atoms with Crippen LogP contribution in [0.15, 0.2) is 48.5 Å². The molecule has 0 spiro atoms. The highest BCUT2D eigenvalue weighted by Crippen LogP contribution is 2.36. The van der Waals surface area contributed by atoms with Crippen LogP contribution in [0, 0.1) is 11.3 Å². The number of rotatable bonds is 3. The summed E-state index contributed by atoms with van der Waals surface area (Å²) in [6.45, 7) is 9.82. The average Bonchev–Trinajstić information content (AvgIpc) is 2.95. The fourth-order valence-corrected chi connectivity index (χ4v) is 3.70. The molecule has 2 aliphatic heterocycles. The summed E-state index contributed by atoms with van der Waals surface area (Å²) < 4.78 is 12.2. The maximum atomic E-state index is 12.7. The number of nitrogens with zero attached hydrogens (tertiary/aromatic N) is 3. The lowest BCUT2D eigenvalue weighted by Crippen LogP contribution is -2.50. The molecule has 6 nitrogen and oxygen atoms in total. The number of amides is 1. The molecule has 0 N–H and O–H groups in total. The Morgan fingerprint density at radius 2 is 1.47 bits per heavy atom. The molecule has 4 rings (SSSR count). The molecule has 0 radical (unpaired) electrons. The molecule has 0 aliphatic carbocycles. The van der Waals surface area contributed by atoms with Gasteiger partial charge in [-0.3, -0.25) is 4.79 Å². The number of anilines is 2. The van der Waals surface area contributed by atoms with Crippen molar-refractivity contribution >= 4 is 29.9 Å². The van der Waals surface area contributed by atoms with Gasteiger partial charge in [-0.2, -0.15) is 5.26 Å². The van der Waals surface area contributed by atoms with Crippen LogP contribution < -0.4 is 15.3 Å². The van der Waals surface area contributed by atoms with Gasteiger partial charge in [0.05, 0.1) is 29.4 Å². The fraction of sp³-hybridized carbons (Fsp3) is 0.391. The first-order valence-corrected chi connectivity index (χ1v) is 10.2. The molecule has 2 aliphatic rings. The van der Waals surface area contributed by atoms with Crippen LogP contribution in [-0.2, 0) is 14.1 Å². The summed E-state index contributed by atoms with van der Waals surface area (Å²) in [4.78, 5) is 16.6. The van der Waals surface area contributed by atoms with Gasteiger partial charge in [0.2, 0.25) is 5.91 Å². The molecule has 2 fully saturated rings. The standard InChI is InChI=1S/C23H26BN3O3/c1-22(2)23(3,4)30-24(29-22)18-7-11-19(12-8-18)26-13-14-27(21(28)16-26)20-9-5-17(15-25)6-10-20/h5-12H,13-14,16H2,1-4H3. The van der Waals surface area contributed by atoms with Gasteiger partial charge >= 0.3 is 7.12 Å². The van der Waals surface area contributed by atoms with Gasteiger partial charge in [-0.05, 0) is 69.6 Å². The molecule has 0 saturated carbocycles. The van der Waals surface area contributed by atoms with E-state index in [0.29, 0.717) is 18.7 Å². The van der Waals surface area contributed by atoms with Crippen LogP contribution in [-0.4, -0.2) is 43.9 Å². The zero-order chi connectivity index (χ0) is 21.5. The molecule has 2 saturated heterocycles. The summed E-state index contributed by atoms with van der Waals surface area (Å²) in [6.07, 6.45) is 0. The first-order chi connectivity index (χ1) is 14.2. The van der Waals surface area contributed by atoms with E-state index in [1.807, 2.05) is 64.1 Å². The highest BCUT2D eigenvalue weighted by molar-refractivity contribution is 6.62. The summed E-state index contributed by atoms with van der Waals surface area (Å²) in [5.74, 6) is 0.0426. The third-order valence-corrected chi connectivity index (χ3v) is 6.31. The Labute approximate surface area is 178 Å². The van der Waals surface area contributed by atoms with Crippen LogP contribution in [0.5, 0.6) is 0 Å². The molecule has 2 aromatic rings. The van der Waals surface area contributed by atoms with Crippen molar-refractivity contribution in [2.24, 2.45) is 0 Å². The van der Waals surface area contributed by atoms with Gasteiger partial charge in [0, 0.05) is 24.5 Å². The molecule has 7 heteroatoms. The lowest BCUT2D eigenvalue weighted by atomic mass is 9.79. The summed E-state index contributed by atoms with van der Waals surface area (Å²) in [5, 5.41) is 8.94. The van der Waals surface area contributed by atoms with E-state index >= 15 is 0 Å². The van der Waals surface area contributed by atoms with E-state index in [-0.39, 0.29) is 24.2 Å². The third kappa shape index (κ3) is 3.69. The van der Waals surface area contributed by atoms with E-state index in [4.69, 9.17) is 14.6 Å². The minimum atomic E-state index is -0.390. The molecule has 154 valence electrons. The minimum Gasteiger partial charge on any atom is -0.399 e. The van der Waals surface area contributed by atoms with Crippen molar-refractivity contribution in [1.29, 1.82) is 5.26 Å². The van der Waals surface area contributed by atoms with Crippen molar-refractivity contribution in [3.8, 4) is 6.07 Å². The van der Waals surface area contributed by atoms with Gasteiger partial charge in [-0.15, -0.1) is 0 Å². The molecular weight excluding hydrogens is 377 g/mol. The molecule has 30 heavy (non-hydrogen) atoms. The second-order valence-corrected chi connectivity index (χ2v) is 8.81. The van der Waals surface area contributed by atoms with Gasteiger partial charge in [-0.1, -0.05) is 12.1 Å². The van der Waals surface area contributed by atoms with Crippen molar-refractivity contribution in [3.05, 3.63) is 54.1 Å². The van der Waals surface area contributed by atoms with Crippen LogP contribution in [0.1, 0.15) is 33.3 Å². The number of hydrogen-bond donors (Lipinski definition) is 0. The Bertz CT molecular complexity index is 964. The van der Waals surface area contributed by atoms with Gasteiger partial charge in [0.1, 0.15) is 0 Å². The van der Waals surface area contributed by atoms with Crippen molar-refractivity contribution < 1.29 is 14.1 Å². The van der Waals surface area contributed by atoms with Crippen LogP contribution in [0.3, 0.4) is 0 Å². The Morgan fingerprint density at radius 1 is 0.900 bits per heavy atom. The third-order valence-electron chi connectivity index (χ3n) is 6.31. The molecule has 0 atom stereocenters. The quantitative estimate of drug-likeness (QED) is 0.738. The monoisotopic (exact) mass is 403 g/mol. The number of carbonyl (C=O) groups excluding carboxylic acids is 1. The normalized spacial score (nSPS) is 20.4. The largest absolute Gasteiger partial charge is 0.494 e. The predicted octanol–water partition coefficient (Wildman–Crippen LogP) is 2.71. The topological polar surface area (TPSA) is 65.8 Å². The van der Waals surface area contributed by atoms with Gasteiger partial charge in [-0.25, -0.2) is 0 Å². The van der Waals surface area contributed by atoms with Crippen molar-refractivity contribution in [2.45, 2.75) is 38.9 Å². The summed E-state index contributed by atoms with van der Waals surface area (Å²) in [5.41, 5.74) is 2.65. The van der Waals surface area contributed by atoms with E-state index in [1.54, 1.807) is 17.0 Å². The number of benzene rings is 2. The van der Waals surface area contributed by atoms with Gasteiger partial charge in [0.25, 0.3) is 0 Å². The molecule has 2 heterocycles. The summed E-state index contributed by atoms with van der Waals surface area (Å²) in [6, 6.07) is 17.3. The Morgan fingerprint density at radius 3 is 2.00 bits per heavy atom. The van der Waals surface area contributed by atoms with Crippen LogP contribution in [0.2, 0.25) is 0 Å². The van der Waals surface area contributed by atoms with E-state index in [2.05, 4.69) is 11.0 Å². The zero-order valence-electron chi connectivity index (χ0n) is 17.9. The summed E-state index contributed by atoms with van der Waals surface area (Å²) >= 11 is 0. The van der Waals surface area contributed by atoms with E-state index in [1.165, 1.54) is 0 Å². The number of carbonyl (C=O) groups is 1. The fourth-order valence-electron chi connectivity index (χ4n) is 3.70. The van der Waals surface area contributed by atoms with Crippen molar-refractivity contribution in [2.75, 3.05) is 29.4 Å². The maximum absolute atomic E-state index is 12.7. The first kappa shape index (κ1) is 20.5. The molecule has 0 aromatic heterocycles. The second kappa shape index (κ2) is 7.46. The van der Waals surface area contributed by atoms with Crippen LogP contribution in [0.25, 0.3) is 0 Å². The van der Waals surface area contributed by atoms with Gasteiger partial charge < -0.3 is 19.1 Å². The van der Waals surface area contributed by atoms with Crippen molar-refractivity contribution in [1.82, 2.24) is 0 Å². The van der Waals surface area contributed by atoms with E-state index in [9.17, 15) is 4.79 Å². The molecular formula is C23H26BN3O3. The lowest BCUT2D eigenvalue weighted by Gasteiger charge is -2.35. The van der Waals surface area contributed by atoms with Crippen LogP contribution >= 0.6 is 0 Å². The van der Waals surface area contributed by atoms with Gasteiger partial charge in [0.15, 0.2) is 0 Å². The van der Waals surface area contributed by atoms with E-state index in [0.717, 1.165) is 23.4 Å². The Hall–Kier alpha value is -2.82. The SMILES string of the molecule is CC1(C)OB(c2ccc(N3CCN(c4ccc(C#N)cc4)C(=O)C3)cc2)OC1(C)C. The maximum Gasteiger partial charge on any atom is 0.494 e. The number of piperazine rings is 1. The molecule has 2 aromatic carbocycles. The average molecular weight is 403 g/mol. The lowest BCUT2D eigenvalue weighted by molar-refractivity contribution is -0.117. The number of hydrogen-bond acceptors (Lipinski definition) is 5. The Balaban J connectivity index is 1.42. The Kier molecular flexibility index (Phi) is 5.09. The smallest absolute Gasteiger partial charge is 0.399 e. The molecule has 0 unspecified atom stereocenters. The van der Waals surface area contributed by atoms with E-state index < -0.39 is 0 Å². The summed E-state index contributed by atoms with van der Waals surface area (Å²) in [7, 11) is -0.390. The second-order valence-electron chi connectivity index (χ2n) is 8.81. The number of nitriles is 1.